The summed E-state index contributed by atoms with van der Waals surface area (Å²) in [5.74, 6) is -1.06. The van der Waals surface area contributed by atoms with Crippen LogP contribution in [0.2, 0.25) is 0 Å². The molecule has 0 radical (unpaired) electrons. The van der Waals surface area contributed by atoms with Crippen LogP contribution in [0, 0.1) is 5.82 Å². The molecule has 0 saturated carbocycles. The zero-order valence-electron chi connectivity index (χ0n) is 15.6. The highest BCUT2D eigenvalue weighted by Gasteiger charge is 2.28. The number of alkyl carbamates (subject to hydrolysis) is 1. The number of hydrogen-bond donors (Lipinski definition) is 2. The fourth-order valence-electron chi connectivity index (χ4n) is 3.61. The number of carbonyl (C=O) groups excluding carboxylic acids is 1. The Hall–Kier alpha value is -3.60. The Morgan fingerprint density at radius 2 is 1.69 bits per heavy atom. The lowest BCUT2D eigenvalue weighted by molar-refractivity contribution is 0.144. The zero-order valence-corrected chi connectivity index (χ0v) is 15.6. The van der Waals surface area contributed by atoms with Gasteiger partial charge in [-0.1, -0.05) is 66.7 Å². The van der Waals surface area contributed by atoms with Crippen molar-refractivity contribution < 1.29 is 19.0 Å². The number of nitrogens with one attached hydrogen (secondary N) is 1. The molecule has 0 fully saturated rings. The molecule has 0 bridgehead atoms. The van der Waals surface area contributed by atoms with Gasteiger partial charge in [0.05, 0.1) is 0 Å². The number of rotatable bonds is 5. The van der Waals surface area contributed by atoms with Crippen LogP contribution in [0.15, 0.2) is 72.8 Å². The van der Waals surface area contributed by atoms with Gasteiger partial charge in [0.25, 0.3) is 0 Å². The van der Waals surface area contributed by atoms with Crippen molar-refractivity contribution in [2.75, 3.05) is 13.2 Å². The summed E-state index contributed by atoms with van der Waals surface area (Å²) in [4.78, 5) is 12.1. The molecule has 5 heteroatoms. The lowest BCUT2D eigenvalue weighted by Gasteiger charge is -2.14. The Labute approximate surface area is 168 Å². The Morgan fingerprint density at radius 3 is 2.34 bits per heavy atom. The third kappa shape index (κ3) is 3.99. The van der Waals surface area contributed by atoms with Crippen molar-refractivity contribution in [3.8, 4) is 16.9 Å². The molecule has 0 aromatic heterocycles. The van der Waals surface area contributed by atoms with Gasteiger partial charge in [0.15, 0.2) is 11.6 Å². The Kier molecular flexibility index (Phi) is 5.29. The molecule has 4 rings (SSSR count). The van der Waals surface area contributed by atoms with Gasteiger partial charge < -0.3 is 15.2 Å². The third-order valence-corrected chi connectivity index (χ3v) is 4.99. The minimum atomic E-state index is -0.684. The lowest BCUT2D eigenvalue weighted by Crippen LogP contribution is -2.26. The smallest absolute Gasteiger partial charge is 0.407 e. The van der Waals surface area contributed by atoms with Crippen LogP contribution in [0.1, 0.15) is 22.6 Å². The Bertz CT molecular complexity index is 1030. The summed E-state index contributed by atoms with van der Waals surface area (Å²) in [5.41, 5.74) is 5.28. The van der Waals surface area contributed by atoms with Gasteiger partial charge in [-0.05, 0) is 39.9 Å². The highest BCUT2D eigenvalue weighted by atomic mass is 19.1. The summed E-state index contributed by atoms with van der Waals surface area (Å²) in [6.45, 7) is 0.506. The molecule has 1 amide bonds. The van der Waals surface area contributed by atoms with Gasteiger partial charge in [0, 0.05) is 12.5 Å². The molecule has 146 valence electrons. The summed E-state index contributed by atoms with van der Waals surface area (Å²) in [6.07, 6.45) is 2.84. The van der Waals surface area contributed by atoms with Crippen molar-refractivity contribution in [3.05, 3.63) is 95.3 Å². The van der Waals surface area contributed by atoms with Crippen molar-refractivity contribution in [2.24, 2.45) is 0 Å². The van der Waals surface area contributed by atoms with E-state index in [0.29, 0.717) is 5.56 Å². The van der Waals surface area contributed by atoms with E-state index in [1.54, 1.807) is 18.2 Å². The Morgan fingerprint density at radius 1 is 1.03 bits per heavy atom. The van der Waals surface area contributed by atoms with E-state index in [4.69, 9.17) is 4.74 Å². The van der Waals surface area contributed by atoms with Crippen LogP contribution in [0.3, 0.4) is 0 Å². The van der Waals surface area contributed by atoms with Crippen molar-refractivity contribution in [2.45, 2.75) is 5.92 Å². The zero-order chi connectivity index (χ0) is 20.2. The van der Waals surface area contributed by atoms with Gasteiger partial charge in [-0.3, -0.25) is 0 Å². The van der Waals surface area contributed by atoms with E-state index in [0.717, 1.165) is 11.1 Å². The maximum atomic E-state index is 13.3. The number of carbonyl (C=O) groups is 1. The lowest BCUT2D eigenvalue weighted by atomic mass is 9.98. The van der Waals surface area contributed by atoms with E-state index >= 15 is 0 Å². The minimum Gasteiger partial charge on any atom is -0.505 e. The van der Waals surface area contributed by atoms with Gasteiger partial charge in [0.2, 0.25) is 0 Å². The number of hydrogen-bond acceptors (Lipinski definition) is 3. The van der Waals surface area contributed by atoms with Crippen molar-refractivity contribution in [3.63, 3.8) is 0 Å². The summed E-state index contributed by atoms with van der Waals surface area (Å²) in [5, 5.41) is 11.8. The predicted octanol–water partition coefficient (Wildman–Crippen LogP) is 5.08. The molecule has 0 heterocycles. The molecule has 3 aromatic rings. The molecular formula is C24H20FNO3. The molecule has 0 spiro atoms. The van der Waals surface area contributed by atoms with Gasteiger partial charge in [-0.2, -0.15) is 0 Å². The topological polar surface area (TPSA) is 58.6 Å². The van der Waals surface area contributed by atoms with Crippen LogP contribution in [-0.4, -0.2) is 24.4 Å². The van der Waals surface area contributed by atoms with Crippen molar-refractivity contribution in [1.29, 1.82) is 0 Å². The average Bonchev–Trinajstić information content (AvgIpc) is 3.06. The first-order valence-electron chi connectivity index (χ1n) is 9.37. The van der Waals surface area contributed by atoms with E-state index < -0.39 is 11.9 Å². The molecule has 0 unspecified atom stereocenters. The highest BCUT2D eigenvalue weighted by Crippen LogP contribution is 2.44. The minimum absolute atomic E-state index is 0.0173. The number of phenolic OH excluding ortho intramolecular Hbond substituents is 1. The summed E-state index contributed by atoms with van der Waals surface area (Å²) in [7, 11) is 0. The first kappa shape index (κ1) is 18.7. The van der Waals surface area contributed by atoms with E-state index in [1.807, 2.05) is 24.3 Å². The number of ether oxygens (including phenoxy) is 1. The number of aromatic hydroxyl groups is 1. The van der Waals surface area contributed by atoms with Gasteiger partial charge in [-0.15, -0.1) is 0 Å². The molecule has 2 N–H and O–H groups in total. The fraction of sp³-hybridized carbons (Fsp3) is 0.125. The monoisotopic (exact) mass is 389 g/mol. The maximum Gasteiger partial charge on any atom is 0.407 e. The molecule has 4 nitrogen and oxygen atoms in total. The van der Waals surface area contributed by atoms with Crippen LogP contribution in [0.4, 0.5) is 9.18 Å². The SMILES string of the molecule is O=C(NCC=Cc1ccc(O)c(F)c1)OCC1c2ccccc2-c2ccccc21. The number of fused-ring (bicyclic) bond motifs is 3. The highest BCUT2D eigenvalue weighted by molar-refractivity contribution is 5.79. The van der Waals surface area contributed by atoms with E-state index in [1.165, 1.54) is 23.3 Å². The summed E-state index contributed by atoms with van der Waals surface area (Å²) >= 11 is 0. The molecule has 3 aromatic carbocycles. The number of amides is 1. The second-order valence-electron chi connectivity index (χ2n) is 6.82. The number of phenols is 1. The molecule has 29 heavy (non-hydrogen) atoms. The average molecular weight is 389 g/mol. The first-order valence-corrected chi connectivity index (χ1v) is 9.37. The molecule has 0 saturated heterocycles. The van der Waals surface area contributed by atoms with Gasteiger partial charge >= 0.3 is 6.09 Å². The second-order valence-corrected chi connectivity index (χ2v) is 6.82. The van der Waals surface area contributed by atoms with E-state index in [2.05, 4.69) is 29.6 Å². The number of benzene rings is 3. The molecule has 0 atom stereocenters. The number of halogens is 1. The largest absolute Gasteiger partial charge is 0.505 e. The second kappa shape index (κ2) is 8.19. The molecular weight excluding hydrogens is 369 g/mol. The van der Waals surface area contributed by atoms with Crippen LogP contribution in [0.25, 0.3) is 17.2 Å². The standard InChI is InChI=1S/C24H20FNO3/c25-22-14-16(11-12-23(22)27)6-5-13-26-24(28)29-15-21-19-9-3-1-7-17(19)18-8-2-4-10-20(18)21/h1-12,14,21,27H,13,15H2,(H,26,28). The summed E-state index contributed by atoms with van der Waals surface area (Å²) < 4.78 is 18.8. The van der Waals surface area contributed by atoms with Crippen LogP contribution >= 0.6 is 0 Å². The predicted molar refractivity (Wildman–Crippen MR) is 110 cm³/mol. The van der Waals surface area contributed by atoms with E-state index in [9.17, 15) is 14.3 Å². The Balaban J connectivity index is 1.33. The van der Waals surface area contributed by atoms with Crippen LogP contribution < -0.4 is 5.32 Å². The quantitative estimate of drug-likeness (QED) is 0.640. The third-order valence-electron chi connectivity index (χ3n) is 4.99. The molecule has 0 aliphatic heterocycles. The molecule has 1 aliphatic carbocycles. The maximum absolute atomic E-state index is 13.3. The van der Waals surface area contributed by atoms with Crippen molar-refractivity contribution >= 4 is 12.2 Å². The first-order chi connectivity index (χ1) is 14.1. The fourth-order valence-corrected chi connectivity index (χ4v) is 3.61. The van der Waals surface area contributed by atoms with E-state index in [-0.39, 0.29) is 24.8 Å². The van der Waals surface area contributed by atoms with Crippen LogP contribution in [0.5, 0.6) is 5.75 Å². The van der Waals surface area contributed by atoms with Gasteiger partial charge in [-0.25, -0.2) is 9.18 Å². The van der Waals surface area contributed by atoms with Crippen LogP contribution in [-0.2, 0) is 4.74 Å². The van der Waals surface area contributed by atoms with Gasteiger partial charge in [0.1, 0.15) is 6.61 Å². The normalized spacial score (nSPS) is 12.6. The summed E-state index contributed by atoms with van der Waals surface area (Å²) in [6, 6.07) is 20.4. The molecule has 1 aliphatic rings. The van der Waals surface area contributed by atoms with Crippen molar-refractivity contribution in [1.82, 2.24) is 5.32 Å².